The molecule has 156 valence electrons. The molecule has 0 heterocycles. The molecule has 1 amide bonds. The van der Waals surface area contributed by atoms with Crippen molar-refractivity contribution in [2.45, 2.75) is 91.3 Å². The van der Waals surface area contributed by atoms with E-state index in [2.05, 4.69) is 21.3 Å². The van der Waals surface area contributed by atoms with Gasteiger partial charge in [0, 0.05) is 6.04 Å². The number of rotatable bonds is 15. The number of hydrogen-bond acceptors (Lipinski definition) is 5. The summed E-state index contributed by atoms with van der Waals surface area (Å²) < 4.78 is 0. The first kappa shape index (κ1) is 27.2. The molecular formula is C20H44N4O2. The maximum absolute atomic E-state index is 12.6. The van der Waals surface area contributed by atoms with Gasteiger partial charge >= 0.3 is 0 Å². The SMILES string of the molecule is CC.CNCCCCC(NC(=O)C(CCCCNC)NC(C)C)C(C)=O. The summed E-state index contributed by atoms with van der Waals surface area (Å²) in [6.45, 7) is 11.5. The number of nitrogens with one attached hydrogen (secondary N) is 4. The molecule has 2 atom stereocenters. The van der Waals surface area contributed by atoms with Gasteiger partial charge in [0.25, 0.3) is 0 Å². The Balaban J connectivity index is 0. The van der Waals surface area contributed by atoms with Gasteiger partial charge in [0.05, 0.1) is 12.1 Å². The van der Waals surface area contributed by atoms with Gasteiger partial charge in [-0.2, -0.15) is 0 Å². The molecule has 6 nitrogen and oxygen atoms in total. The van der Waals surface area contributed by atoms with Crippen LogP contribution in [-0.2, 0) is 9.59 Å². The zero-order valence-corrected chi connectivity index (χ0v) is 18.2. The predicted octanol–water partition coefficient (Wildman–Crippen LogP) is 2.23. The standard InChI is InChI=1S/C18H38N4O2.C2H6/c1-14(2)21-17(11-7-9-13-20-5)18(24)22-16(15(3)23)10-6-8-12-19-4;1-2/h14,16-17,19-21H,6-13H2,1-5H3,(H,22,24);1-2H3. The second-order valence-corrected chi connectivity index (χ2v) is 6.74. The van der Waals surface area contributed by atoms with Crippen molar-refractivity contribution in [1.82, 2.24) is 21.3 Å². The summed E-state index contributed by atoms with van der Waals surface area (Å²) in [5.74, 6) is -0.0201. The van der Waals surface area contributed by atoms with E-state index >= 15 is 0 Å². The smallest absolute Gasteiger partial charge is 0.237 e. The van der Waals surface area contributed by atoms with E-state index in [1.165, 1.54) is 0 Å². The quantitative estimate of drug-likeness (QED) is 0.331. The van der Waals surface area contributed by atoms with E-state index in [-0.39, 0.29) is 29.8 Å². The van der Waals surface area contributed by atoms with E-state index in [1.54, 1.807) is 6.92 Å². The molecule has 0 aromatic rings. The van der Waals surface area contributed by atoms with Crippen molar-refractivity contribution in [2.24, 2.45) is 0 Å². The van der Waals surface area contributed by atoms with Crippen molar-refractivity contribution in [3.63, 3.8) is 0 Å². The van der Waals surface area contributed by atoms with E-state index in [1.807, 2.05) is 41.8 Å². The third-order valence-electron chi connectivity index (χ3n) is 4.00. The Morgan fingerprint density at radius 3 is 1.65 bits per heavy atom. The van der Waals surface area contributed by atoms with E-state index in [0.29, 0.717) is 6.42 Å². The molecular weight excluding hydrogens is 328 g/mol. The summed E-state index contributed by atoms with van der Waals surface area (Å²) in [4.78, 5) is 24.4. The average molecular weight is 373 g/mol. The summed E-state index contributed by atoms with van der Waals surface area (Å²) in [7, 11) is 3.85. The van der Waals surface area contributed by atoms with Crippen LogP contribution in [0.3, 0.4) is 0 Å². The lowest BCUT2D eigenvalue weighted by Gasteiger charge is -2.24. The lowest BCUT2D eigenvalue weighted by Crippen LogP contribution is -2.51. The van der Waals surface area contributed by atoms with Gasteiger partial charge in [-0.15, -0.1) is 0 Å². The van der Waals surface area contributed by atoms with Gasteiger partial charge in [-0.1, -0.05) is 34.1 Å². The number of Topliss-reactive ketones (excluding diaryl/α,β-unsaturated/α-hetero) is 1. The van der Waals surface area contributed by atoms with Crippen molar-refractivity contribution in [3.05, 3.63) is 0 Å². The van der Waals surface area contributed by atoms with Gasteiger partial charge in [0.1, 0.15) is 0 Å². The second kappa shape index (κ2) is 18.8. The maximum atomic E-state index is 12.6. The van der Waals surface area contributed by atoms with Crippen LogP contribution in [0.5, 0.6) is 0 Å². The third kappa shape index (κ3) is 15.3. The lowest BCUT2D eigenvalue weighted by molar-refractivity contribution is -0.128. The molecule has 0 aliphatic heterocycles. The first-order valence-electron chi connectivity index (χ1n) is 10.3. The van der Waals surface area contributed by atoms with E-state index < -0.39 is 0 Å². The highest BCUT2D eigenvalue weighted by molar-refractivity contribution is 5.89. The van der Waals surface area contributed by atoms with Crippen LogP contribution in [0.25, 0.3) is 0 Å². The van der Waals surface area contributed by atoms with Gasteiger partial charge in [0.15, 0.2) is 5.78 Å². The highest BCUT2D eigenvalue weighted by Crippen LogP contribution is 2.06. The molecule has 0 spiro atoms. The van der Waals surface area contributed by atoms with E-state index in [0.717, 1.165) is 45.2 Å². The molecule has 4 N–H and O–H groups in total. The number of amides is 1. The number of carbonyl (C=O) groups excluding carboxylic acids is 2. The first-order chi connectivity index (χ1) is 12.4. The Labute approximate surface area is 161 Å². The Morgan fingerprint density at radius 2 is 1.27 bits per heavy atom. The van der Waals surface area contributed by atoms with Gasteiger partial charge in [0.2, 0.25) is 5.91 Å². The first-order valence-corrected chi connectivity index (χ1v) is 10.3. The van der Waals surface area contributed by atoms with E-state index in [4.69, 9.17) is 0 Å². The Morgan fingerprint density at radius 1 is 0.808 bits per heavy atom. The molecule has 0 saturated carbocycles. The third-order valence-corrected chi connectivity index (χ3v) is 4.00. The van der Waals surface area contributed by atoms with Crippen LogP contribution in [0.15, 0.2) is 0 Å². The highest BCUT2D eigenvalue weighted by Gasteiger charge is 2.23. The summed E-state index contributed by atoms with van der Waals surface area (Å²) in [5, 5.41) is 12.5. The summed E-state index contributed by atoms with van der Waals surface area (Å²) >= 11 is 0. The molecule has 0 bridgehead atoms. The minimum Gasteiger partial charge on any atom is -0.345 e. The second-order valence-electron chi connectivity index (χ2n) is 6.74. The Kier molecular flexibility index (Phi) is 19.7. The molecule has 2 unspecified atom stereocenters. The molecule has 0 aromatic carbocycles. The van der Waals surface area contributed by atoms with Crippen molar-refractivity contribution < 1.29 is 9.59 Å². The van der Waals surface area contributed by atoms with Gasteiger partial charge in [-0.3, -0.25) is 9.59 Å². The topological polar surface area (TPSA) is 82.3 Å². The minimum absolute atomic E-state index is 0.0336. The zero-order chi connectivity index (χ0) is 20.4. The van der Waals surface area contributed by atoms with Crippen molar-refractivity contribution in [2.75, 3.05) is 27.2 Å². The predicted molar refractivity (Wildman–Crippen MR) is 112 cm³/mol. The number of hydrogen-bond donors (Lipinski definition) is 4. The molecule has 0 rings (SSSR count). The lowest BCUT2D eigenvalue weighted by atomic mass is 10.0. The van der Waals surface area contributed by atoms with Crippen LogP contribution in [0.2, 0.25) is 0 Å². The highest BCUT2D eigenvalue weighted by atomic mass is 16.2. The molecule has 0 fully saturated rings. The summed E-state index contributed by atoms with van der Waals surface area (Å²) in [6, 6.07) is -0.374. The molecule has 0 aliphatic rings. The molecule has 0 aliphatic carbocycles. The largest absolute Gasteiger partial charge is 0.345 e. The maximum Gasteiger partial charge on any atom is 0.237 e. The molecule has 0 saturated heterocycles. The monoisotopic (exact) mass is 372 g/mol. The van der Waals surface area contributed by atoms with Crippen LogP contribution < -0.4 is 21.3 Å². The minimum atomic E-state index is -0.372. The fourth-order valence-electron chi connectivity index (χ4n) is 2.64. The van der Waals surface area contributed by atoms with Crippen molar-refractivity contribution >= 4 is 11.7 Å². The Bertz CT molecular complexity index is 349. The van der Waals surface area contributed by atoms with Gasteiger partial charge in [-0.05, 0) is 66.2 Å². The van der Waals surface area contributed by atoms with Crippen LogP contribution in [0.4, 0.5) is 0 Å². The van der Waals surface area contributed by atoms with Crippen molar-refractivity contribution in [1.29, 1.82) is 0 Å². The summed E-state index contributed by atoms with van der Waals surface area (Å²) in [5.41, 5.74) is 0. The average Bonchev–Trinajstić information content (AvgIpc) is 2.61. The molecule has 6 heteroatoms. The number of carbonyl (C=O) groups is 2. The molecule has 26 heavy (non-hydrogen) atoms. The molecule has 0 aromatic heterocycles. The van der Waals surface area contributed by atoms with Crippen molar-refractivity contribution in [3.8, 4) is 0 Å². The summed E-state index contributed by atoms with van der Waals surface area (Å²) in [6.07, 6.45) is 5.45. The van der Waals surface area contributed by atoms with Crippen LogP contribution >= 0.6 is 0 Å². The fraction of sp³-hybridized carbons (Fsp3) is 0.900. The van der Waals surface area contributed by atoms with Gasteiger partial charge in [-0.25, -0.2) is 0 Å². The number of unbranched alkanes of at least 4 members (excludes halogenated alkanes) is 2. The van der Waals surface area contributed by atoms with Crippen LogP contribution in [0.1, 0.15) is 73.1 Å². The zero-order valence-electron chi connectivity index (χ0n) is 18.2. The van der Waals surface area contributed by atoms with E-state index in [9.17, 15) is 9.59 Å². The van der Waals surface area contributed by atoms with Crippen LogP contribution in [0, 0.1) is 0 Å². The fourth-order valence-corrected chi connectivity index (χ4v) is 2.64. The number of ketones is 1. The van der Waals surface area contributed by atoms with Gasteiger partial charge < -0.3 is 21.3 Å². The normalized spacial score (nSPS) is 12.9. The Hall–Kier alpha value is -0.980. The van der Waals surface area contributed by atoms with Crippen LogP contribution in [-0.4, -0.2) is 57.0 Å². The molecule has 0 radical (unpaired) electrons.